The predicted octanol–water partition coefficient (Wildman–Crippen LogP) is 2.50. The maximum Gasteiger partial charge on any atom is 0.0431 e. The Morgan fingerprint density at radius 3 is 2.47 bits per heavy atom. The monoisotopic (exact) mass is 270 g/mol. The van der Waals surface area contributed by atoms with E-state index < -0.39 is 0 Å². The number of aliphatic hydroxyl groups excluding tert-OH is 1. The van der Waals surface area contributed by atoms with E-state index in [1.165, 1.54) is 45.2 Å². The molecule has 0 bridgehead atoms. The van der Waals surface area contributed by atoms with Crippen LogP contribution in [0.5, 0.6) is 0 Å². The molecule has 1 fully saturated rings. The second kappa shape index (κ2) is 8.93. The molecule has 0 aliphatic heterocycles. The Labute approximate surface area is 119 Å². The summed E-state index contributed by atoms with van der Waals surface area (Å²) in [7, 11) is 4.34. The Balaban J connectivity index is 2.35. The molecule has 0 amide bonds. The van der Waals surface area contributed by atoms with Gasteiger partial charge in [0.1, 0.15) is 0 Å². The molecule has 2 N–H and O–H groups in total. The standard InChI is InChI=1S/C16H34N2O/c1-15-7-9-16(10-8-15,13-17-2)14-18(3)11-5-4-6-12-19/h15,17,19H,4-14H2,1-3H3. The number of aliphatic hydroxyl groups is 1. The summed E-state index contributed by atoms with van der Waals surface area (Å²) in [5.41, 5.74) is 0.493. The number of hydrogen-bond acceptors (Lipinski definition) is 3. The van der Waals surface area contributed by atoms with Crippen LogP contribution in [0.2, 0.25) is 0 Å². The molecule has 0 aromatic carbocycles. The molecule has 0 saturated heterocycles. The van der Waals surface area contributed by atoms with Gasteiger partial charge in [-0.15, -0.1) is 0 Å². The van der Waals surface area contributed by atoms with Crippen LogP contribution < -0.4 is 5.32 Å². The number of rotatable bonds is 9. The quantitative estimate of drug-likeness (QED) is 0.632. The molecule has 19 heavy (non-hydrogen) atoms. The van der Waals surface area contributed by atoms with Crippen molar-refractivity contribution in [3.63, 3.8) is 0 Å². The number of nitrogens with zero attached hydrogens (tertiary/aromatic N) is 1. The van der Waals surface area contributed by atoms with Gasteiger partial charge in [-0.3, -0.25) is 0 Å². The van der Waals surface area contributed by atoms with Crippen molar-refractivity contribution in [2.45, 2.75) is 51.9 Å². The topological polar surface area (TPSA) is 35.5 Å². The fraction of sp³-hybridized carbons (Fsp3) is 1.00. The van der Waals surface area contributed by atoms with Crippen LogP contribution in [0.1, 0.15) is 51.9 Å². The van der Waals surface area contributed by atoms with Crippen molar-refractivity contribution in [1.82, 2.24) is 10.2 Å². The SMILES string of the molecule is CNCC1(CN(C)CCCCCO)CCC(C)CC1. The highest BCUT2D eigenvalue weighted by Gasteiger charge is 2.34. The summed E-state index contributed by atoms with van der Waals surface area (Å²) < 4.78 is 0. The molecule has 1 aliphatic carbocycles. The molecule has 0 radical (unpaired) electrons. The van der Waals surface area contributed by atoms with E-state index in [9.17, 15) is 0 Å². The lowest BCUT2D eigenvalue weighted by Crippen LogP contribution is -2.44. The first-order chi connectivity index (χ1) is 9.12. The third-order valence-corrected chi connectivity index (χ3v) is 4.69. The van der Waals surface area contributed by atoms with Crippen LogP contribution in [0.3, 0.4) is 0 Å². The highest BCUT2D eigenvalue weighted by Crippen LogP contribution is 2.38. The molecule has 0 heterocycles. The van der Waals surface area contributed by atoms with Gasteiger partial charge in [-0.25, -0.2) is 0 Å². The lowest BCUT2D eigenvalue weighted by Gasteiger charge is -2.42. The molecular weight excluding hydrogens is 236 g/mol. The first kappa shape index (κ1) is 16.9. The smallest absolute Gasteiger partial charge is 0.0431 e. The van der Waals surface area contributed by atoms with Crippen molar-refractivity contribution in [3.05, 3.63) is 0 Å². The zero-order chi connectivity index (χ0) is 14.1. The predicted molar refractivity (Wildman–Crippen MR) is 82.4 cm³/mol. The molecule has 0 aromatic heterocycles. The van der Waals surface area contributed by atoms with Gasteiger partial charge in [0.2, 0.25) is 0 Å². The van der Waals surface area contributed by atoms with Gasteiger partial charge in [-0.2, -0.15) is 0 Å². The zero-order valence-electron chi connectivity index (χ0n) is 13.2. The minimum absolute atomic E-state index is 0.339. The lowest BCUT2D eigenvalue weighted by molar-refractivity contribution is 0.0999. The summed E-state index contributed by atoms with van der Waals surface area (Å²) >= 11 is 0. The third-order valence-electron chi connectivity index (χ3n) is 4.69. The molecule has 0 unspecified atom stereocenters. The van der Waals surface area contributed by atoms with Gasteiger partial charge in [0, 0.05) is 19.7 Å². The van der Waals surface area contributed by atoms with Crippen molar-refractivity contribution in [3.8, 4) is 0 Å². The van der Waals surface area contributed by atoms with Crippen molar-refractivity contribution in [2.75, 3.05) is 40.3 Å². The average molecular weight is 270 g/mol. The van der Waals surface area contributed by atoms with Crippen molar-refractivity contribution >= 4 is 0 Å². The van der Waals surface area contributed by atoms with E-state index in [1.54, 1.807) is 0 Å². The normalized spacial score (nSPS) is 27.9. The molecular formula is C16H34N2O. The van der Waals surface area contributed by atoms with E-state index in [1.807, 2.05) is 0 Å². The van der Waals surface area contributed by atoms with Crippen LogP contribution in [-0.4, -0.2) is 50.3 Å². The maximum absolute atomic E-state index is 8.81. The van der Waals surface area contributed by atoms with Gasteiger partial charge in [0.15, 0.2) is 0 Å². The number of hydrogen-bond donors (Lipinski definition) is 2. The molecule has 0 atom stereocenters. The summed E-state index contributed by atoms with van der Waals surface area (Å²) in [4.78, 5) is 2.50. The van der Waals surface area contributed by atoms with Gasteiger partial charge < -0.3 is 15.3 Å². The van der Waals surface area contributed by atoms with Crippen molar-refractivity contribution < 1.29 is 5.11 Å². The van der Waals surface area contributed by atoms with Gasteiger partial charge in [-0.05, 0) is 64.1 Å². The molecule has 1 aliphatic rings. The molecule has 1 saturated carbocycles. The van der Waals surface area contributed by atoms with Crippen molar-refractivity contribution in [2.24, 2.45) is 11.3 Å². The van der Waals surface area contributed by atoms with Crippen LogP contribution in [-0.2, 0) is 0 Å². The van der Waals surface area contributed by atoms with Gasteiger partial charge in [-0.1, -0.05) is 19.8 Å². The molecule has 3 heteroatoms. The summed E-state index contributed by atoms with van der Waals surface area (Å²) in [5, 5.41) is 12.2. The van der Waals surface area contributed by atoms with E-state index in [0.717, 1.165) is 25.3 Å². The highest BCUT2D eigenvalue weighted by molar-refractivity contribution is 4.88. The van der Waals surface area contributed by atoms with Crippen LogP contribution in [0.4, 0.5) is 0 Å². The van der Waals surface area contributed by atoms with E-state index in [0.29, 0.717) is 12.0 Å². The Morgan fingerprint density at radius 2 is 1.89 bits per heavy atom. The second-order valence-electron chi connectivity index (χ2n) is 6.73. The summed E-state index contributed by atoms with van der Waals surface area (Å²) in [6.07, 6.45) is 8.83. The first-order valence-corrected chi connectivity index (χ1v) is 8.06. The summed E-state index contributed by atoms with van der Waals surface area (Å²) in [5.74, 6) is 0.917. The van der Waals surface area contributed by atoms with Crippen LogP contribution in [0, 0.1) is 11.3 Å². The summed E-state index contributed by atoms with van der Waals surface area (Å²) in [6.45, 7) is 6.27. The Hall–Kier alpha value is -0.120. The number of nitrogens with one attached hydrogen (secondary N) is 1. The molecule has 3 nitrogen and oxygen atoms in total. The van der Waals surface area contributed by atoms with Crippen molar-refractivity contribution in [1.29, 1.82) is 0 Å². The zero-order valence-corrected chi connectivity index (χ0v) is 13.2. The van der Waals surface area contributed by atoms with E-state index in [4.69, 9.17) is 5.11 Å². The second-order valence-corrected chi connectivity index (χ2v) is 6.73. The lowest BCUT2D eigenvalue weighted by atomic mass is 9.70. The average Bonchev–Trinajstić information content (AvgIpc) is 2.39. The number of unbranched alkanes of at least 4 members (excludes halogenated alkanes) is 2. The van der Waals surface area contributed by atoms with Crippen LogP contribution in [0.25, 0.3) is 0 Å². The van der Waals surface area contributed by atoms with Gasteiger partial charge in [0.05, 0.1) is 0 Å². The van der Waals surface area contributed by atoms with E-state index in [2.05, 4.69) is 31.2 Å². The van der Waals surface area contributed by atoms with Crippen LogP contribution >= 0.6 is 0 Å². The van der Waals surface area contributed by atoms with Gasteiger partial charge in [0.25, 0.3) is 0 Å². The van der Waals surface area contributed by atoms with E-state index >= 15 is 0 Å². The molecule has 1 rings (SSSR count). The highest BCUT2D eigenvalue weighted by atomic mass is 16.2. The maximum atomic E-state index is 8.81. The van der Waals surface area contributed by atoms with Crippen LogP contribution in [0.15, 0.2) is 0 Å². The molecule has 0 spiro atoms. The first-order valence-electron chi connectivity index (χ1n) is 8.06. The molecule has 0 aromatic rings. The van der Waals surface area contributed by atoms with Gasteiger partial charge >= 0.3 is 0 Å². The minimum atomic E-state index is 0.339. The minimum Gasteiger partial charge on any atom is -0.396 e. The Bertz CT molecular complexity index is 225. The summed E-state index contributed by atoms with van der Waals surface area (Å²) in [6, 6.07) is 0. The largest absolute Gasteiger partial charge is 0.396 e. The third kappa shape index (κ3) is 6.24. The Kier molecular flexibility index (Phi) is 7.96. The fourth-order valence-corrected chi connectivity index (χ4v) is 3.46. The van der Waals surface area contributed by atoms with E-state index in [-0.39, 0.29) is 0 Å². The fourth-order valence-electron chi connectivity index (χ4n) is 3.46. The molecule has 114 valence electrons. The Morgan fingerprint density at radius 1 is 1.21 bits per heavy atom.